The first-order valence-electron chi connectivity index (χ1n) is 12.3. The van der Waals surface area contributed by atoms with Crippen LogP contribution in [0.4, 0.5) is 0 Å². The summed E-state index contributed by atoms with van der Waals surface area (Å²) in [5.74, 6) is 1.79. The average Bonchev–Trinajstić information content (AvgIpc) is 3.37. The Bertz CT molecular complexity index is 775. The Morgan fingerprint density at radius 1 is 1.16 bits per heavy atom. The van der Waals surface area contributed by atoms with E-state index in [4.69, 9.17) is 5.41 Å². The Hall–Kier alpha value is -1.82. The summed E-state index contributed by atoms with van der Waals surface area (Å²) in [4.78, 5) is 30.8. The van der Waals surface area contributed by atoms with E-state index in [-0.39, 0.29) is 17.2 Å². The van der Waals surface area contributed by atoms with Gasteiger partial charge in [-0.2, -0.15) is 0 Å². The molecule has 2 aliphatic rings. The number of rotatable bonds is 12. The zero-order chi connectivity index (χ0) is 23.0. The highest BCUT2D eigenvalue weighted by Crippen LogP contribution is 2.42. The highest BCUT2D eigenvalue weighted by Gasteiger charge is 2.48. The van der Waals surface area contributed by atoms with Crippen molar-refractivity contribution in [2.24, 2.45) is 11.3 Å². The molecule has 1 atom stereocenters. The van der Waals surface area contributed by atoms with Gasteiger partial charge in [0.25, 0.3) is 0 Å². The van der Waals surface area contributed by atoms with Crippen molar-refractivity contribution in [2.45, 2.75) is 76.5 Å². The third-order valence-electron chi connectivity index (χ3n) is 7.05. The molecule has 2 heterocycles. The van der Waals surface area contributed by atoms with Gasteiger partial charge in [-0.1, -0.05) is 57.7 Å². The zero-order valence-corrected chi connectivity index (χ0v) is 20.6. The minimum atomic E-state index is -0.338. The van der Waals surface area contributed by atoms with E-state index in [0.717, 1.165) is 69.4 Å². The molecule has 0 radical (unpaired) electrons. The largest absolute Gasteiger partial charge is 0.342 e. The molecule has 1 aromatic rings. The molecule has 176 valence electrons. The molecule has 0 aliphatic carbocycles. The summed E-state index contributed by atoms with van der Waals surface area (Å²) in [6.07, 6.45) is 8.58. The number of nitrogens with zero attached hydrogens (tertiary/aromatic N) is 2. The molecule has 32 heavy (non-hydrogen) atoms. The topological polar surface area (TPSA) is 64.5 Å². The summed E-state index contributed by atoms with van der Waals surface area (Å²) in [5, 5.41) is 8.52. The SMILES string of the molecule is CCCCC1(CCCC)CC(=N)N(CCC2CCN(C(=O)CSc3ccccc3)C2)C1=O. The van der Waals surface area contributed by atoms with E-state index < -0.39 is 0 Å². The van der Waals surface area contributed by atoms with E-state index >= 15 is 0 Å². The molecular formula is C26H39N3O2S. The smallest absolute Gasteiger partial charge is 0.234 e. The van der Waals surface area contributed by atoms with Crippen LogP contribution in [-0.2, 0) is 9.59 Å². The zero-order valence-electron chi connectivity index (χ0n) is 19.8. The number of carbonyl (C=O) groups is 2. The van der Waals surface area contributed by atoms with Crippen molar-refractivity contribution >= 4 is 29.4 Å². The van der Waals surface area contributed by atoms with Gasteiger partial charge in [0, 0.05) is 31.0 Å². The van der Waals surface area contributed by atoms with Crippen molar-refractivity contribution in [2.75, 3.05) is 25.4 Å². The number of amidine groups is 1. The summed E-state index contributed by atoms with van der Waals surface area (Å²) in [6.45, 7) is 6.55. The van der Waals surface area contributed by atoms with Crippen LogP contribution in [-0.4, -0.2) is 52.8 Å². The van der Waals surface area contributed by atoms with Crippen LogP contribution in [0.1, 0.15) is 71.6 Å². The van der Waals surface area contributed by atoms with Gasteiger partial charge in [-0.3, -0.25) is 15.0 Å². The monoisotopic (exact) mass is 457 g/mol. The lowest BCUT2D eigenvalue weighted by molar-refractivity contribution is -0.136. The Labute approximate surface area is 197 Å². The van der Waals surface area contributed by atoms with Gasteiger partial charge in [0.2, 0.25) is 11.8 Å². The summed E-state index contributed by atoms with van der Waals surface area (Å²) >= 11 is 1.59. The highest BCUT2D eigenvalue weighted by molar-refractivity contribution is 8.00. The number of hydrogen-bond acceptors (Lipinski definition) is 4. The van der Waals surface area contributed by atoms with E-state index in [9.17, 15) is 9.59 Å². The molecule has 5 nitrogen and oxygen atoms in total. The maximum atomic E-state index is 13.4. The Morgan fingerprint density at radius 2 is 1.84 bits per heavy atom. The van der Waals surface area contributed by atoms with E-state index in [2.05, 4.69) is 13.8 Å². The lowest BCUT2D eigenvalue weighted by atomic mass is 9.77. The Kier molecular flexibility index (Phi) is 9.21. The number of nitrogens with one attached hydrogen (secondary N) is 1. The average molecular weight is 458 g/mol. The molecule has 0 aromatic heterocycles. The molecule has 1 unspecified atom stereocenters. The van der Waals surface area contributed by atoms with Gasteiger partial charge in [-0.05, 0) is 43.7 Å². The molecular weight excluding hydrogens is 418 g/mol. The molecule has 2 amide bonds. The number of unbranched alkanes of at least 4 members (excludes halogenated alkanes) is 2. The number of likely N-dealkylation sites (tertiary alicyclic amines) is 2. The molecule has 2 aliphatic heterocycles. The van der Waals surface area contributed by atoms with Crippen molar-refractivity contribution in [3.05, 3.63) is 30.3 Å². The fourth-order valence-corrected chi connectivity index (χ4v) is 5.86. The second-order valence-corrected chi connectivity index (χ2v) is 10.5. The first kappa shape index (κ1) is 24.8. The molecule has 0 saturated carbocycles. The lowest BCUT2D eigenvalue weighted by Gasteiger charge is -2.27. The number of carbonyl (C=O) groups excluding carboxylic acids is 2. The van der Waals surface area contributed by atoms with Crippen LogP contribution >= 0.6 is 11.8 Å². The molecule has 0 bridgehead atoms. The van der Waals surface area contributed by atoms with Gasteiger partial charge >= 0.3 is 0 Å². The van der Waals surface area contributed by atoms with Crippen LogP contribution in [0.15, 0.2) is 35.2 Å². The maximum absolute atomic E-state index is 13.4. The molecule has 1 N–H and O–H groups in total. The van der Waals surface area contributed by atoms with Crippen LogP contribution in [0.3, 0.4) is 0 Å². The van der Waals surface area contributed by atoms with Crippen LogP contribution in [0.2, 0.25) is 0 Å². The van der Waals surface area contributed by atoms with E-state index in [0.29, 0.717) is 30.5 Å². The normalized spacial score (nSPS) is 20.4. The quantitative estimate of drug-likeness (QED) is 0.416. The van der Waals surface area contributed by atoms with Crippen molar-refractivity contribution in [1.29, 1.82) is 5.41 Å². The predicted molar refractivity (Wildman–Crippen MR) is 132 cm³/mol. The van der Waals surface area contributed by atoms with Crippen molar-refractivity contribution in [3.63, 3.8) is 0 Å². The summed E-state index contributed by atoms with van der Waals surface area (Å²) in [7, 11) is 0. The minimum absolute atomic E-state index is 0.189. The fraction of sp³-hybridized carbons (Fsp3) is 0.654. The van der Waals surface area contributed by atoms with Gasteiger partial charge in [-0.15, -0.1) is 11.8 Å². The van der Waals surface area contributed by atoms with Crippen molar-refractivity contribution < 1.29 is 9.59 Å². The molecule has 1 aromatic carbocycles. The minimum Gasteiger partial charge on any atom is -0.342 e. The Morgan fingerprint density at radius 3 is 2.50 bits per heavy atom. The van der Waals surface area contributed by atoms with Crippen LogP contribution in [0.25, 0.3) is 0 Å². The number of hydrogen-bond donors (Lipinski definition) is 1. The van der Waals surface area contributed by atoms with Crippen LogP contribution < -0.4 is 0 Å². The van der Waals surface area contributed by atoms with Gasteiger partial charge in [0.15, 0.2) is 0 Å². The van der Waals surface area contributed by atoms with Crippen LogP contribution in [0.5, 0.6) is 0 Å². The second-order valence-electron chi connectivity index (χ2n) is 9.45. The second kappa shape index (κ2) is 11.9. The van der Waals surface area contributed by atoms with Gasteiger partial charge in [0.05, 0.1) is 11.2 Å². The molecule has 6 heteroatoms. The van der Waals surface area contributed by atoms with E-state index in [1.165, 1.54) is 0 Å². The van der Waals surface area contributed by atoms with Crippen LogP contribution in [0, 0.1) is 16.7 Å². The molecule has 0 spiro atoms. The number of thioether (sulfide) groups is 1. The summed E-state index contributed by atoms with van der Waals surface area (Å²) in [5.41, 5.74) is -0.338. The molecule has 3 rings (SSSR count). The fourth-order valence-electron chi connectivity index (χ4n) is 5.04. The standard InChI is InChI=1S/C26H39N3O2S/c1-3-5-14-26(15-6-4-2)18-23(27)29(25(26)31)17-13-21-12-16-28(19-21)24(30)20-32-22-10-8-7-9-11-22/h7-11,21,27H,3-6,12-20H2,1-2H3. The number of amides is 2. The maximum Gasteiger partial charge on any atom is 0.234 e. The third-order valence-corrected chi connectivity index (χ3v) is 8.05. The summed E-state index contributed by atoms with van der Waals surface area (Å²) < 4.78 is 0. The van der Waals surface area contributed by atoms with Gasteiger partial charge in [0.1, 0.15) is 5.84 Å². The number of benzene rings is 1. The van der Waals surface area contributed by atoms with Gasteiger partial charge < -0.3 is 9.80 Å². The van der Waals surface area contributed by atoms with Gasteiger partial charge in [-0.25, -0.2) is 0 Å². The van der Waals surface area contributed by atoms with Crippen molar-refractivity contribution in [1.82, 2.24) is 9.80 Å². The Balaban J connectivity index is 1.48. The first-order valence-corrected chi connectivity index (χ1v) is 13.3. The predicted octanol–water partition coefficient (Wildman–Crippen LogP) is 5.59. The van der Waals surface area contributed by atoms with E-state index in [1.54, 1.807) is 16.7 Å². The molecule has 2 saturated heterocycles. The van der Waals surface area contributed by atoms with E-state index in [1.807, 2.05) is 35.2 Å². The van der Waals surface area contributed by atoms with Crippen molar-refractivity contribution in [3.8, 4) is 0 Å². The first-order chi connectivity index (χ1) is 15.5. The lowest BCUT2D eigenvalue weighted by Crippen LogP contribution is -2.37. The third kappa shape index (κ3) is 6.15. The summed E-state index contributed by atoms with van der Waals surface area (Å²) in [6, 6.07) is 10.0. The highest BCUT2D eigenvalue weighted by atomic mass is 32.2. The molecule has 2 fully saturated rings.